The molecule has 0 fully saturated rings. The molecule has 0 aliphatic rings. The Bertz CT molecular complexity index is 1100. The minimum Gasteiger partial charge on any atom is -0.358 e. The third-order valence-electron chi connectivity index (χ3n) is 3.48. The number of aromatic nitrogens is 6. The standard InChI is InChI=1S/C5H6BrN3O2.2C4H4BrN3O2/c1-3-4(9(10)11)7-5(6)8(3)2;1-7-2-3(8(9)10)6-4(7)5;1-2-3(8(9)10)7-4(5)6-2/h1-2H3;2H,1H3;1H3,(H,6,7). The van der Waals surface area contributed by atoms with Crippen LogP contribution in [0.4, 0.5) is 17.5 Å². The van der Waals surface area contributed by atoms with E-state index in [9.17, 15) is 30.3 Å². The molecule has 31 heavy (non-hydrogen) atoms. The highest BCUT2D eigenvalue weighted by Gasteiger charge is 2.20. The molecule has 0 bridgehead atoms. The lowest BCUT2D eigenvalue weighted by molar-refractivity contribution is -0.390. The van der Waals surface area contributed by atoms with Crippen LogP contribution in [0.2, 0.25) is 0 Å². The molecule has 0 aliphatic carbocycles. The van der Waals surface area contributed by atoms with Crippen molar-refractivity contribution in [1.82, 2.24) is 29.1 Å². The largest absolute Gasteiger partial charge is 0.385 e. The number of aromatic amines is 1. The molecule has 0 amide bonds. The van der Waals surface area contributed by atoms with E-state index in [4.69, 9.17) is 0 Å². The number of hydrogen-bond donors (Lipinski definition) is 1. The normalized spacial score (nSPS) is 9.90. The van der Waals surface area contributed by atoms with Gasteiger partial charge in [-0.05, 0) is 38.6 Å². The van der Waals surface area contributed by atoms with Crippen molar-refractivity contribution in [2.75, 3.05) is 0 Å². The predicted octanol–water partition coefficient (Wildman–Crippen LogP) is 3.88. The Balaban J connectivity index is 0.000000233. The van der Waals surface area contributed by atoms with E-state index in [0.717, 1.165) is 0 Å². The number of H-pyrrole nitrogens is 1. The van der Waals surface area contributed by atoms with E-state index in [0.29, 0.717) is 25.6 Å². The number of nitrogens with one attached hydrogen (secondary N) is 1. The Morgan fingerprint density at radius 3 is 1.68 bits per heavy atom. The van der Waals surface area contributed by atoms with Gasteiger partial charge in [0, 0.05) is 61.9 Å². The van der Waals surface area contributed by atoms with Crippen LogP contribution in [0.3, 0.4) is 0 Å². The van der Waals surface area contributed by atoms with Gasteiger partial charge in [-0.1, -0.05) is 0 Å². The summed E-state index contributed by atoms with van der Waals surface area (Å²) in [6, 6.07) is 0. The number of halogens is 3. The van der Waals surface area contributed by atoms with E-state index < -0.39 is 14.8 Å². The molecule has 0 spiro atoms. The summed E-state index contributed by atoms with van der Waals surface area (Å²) >= 11 is 9.09. The molecular formula is C13H14Br3N9O6. The lowest BCUT2D eigenvalue weighted by atomic mass is 10.5. The molecule has 0 radical (unpaired) electrons. The molecule has 0 atom stereocenters. The summed E-state index contributed by atoms with van der Waals surface area (Å²) in [5.41, 5.74) is 0.929. The second-order valence-corrected chi connectivity index (χ2v) is 7.73. The number of nitrogens with zero attached hydrogens (tertiary/aromatic N) is 8. The molecule has 3 aromatic rings. The van der Waals surface area contributed by atoms with Gasteiger partial charge in [-0.15, -0.1) is 0 Å². The maximum atomic E-state index is 10.3. The van der Waals surface area contributed by atoms with Crippen molar-refractivity contribution in [1.29, 1.82) is 0 Å². The monoisotopic (exact) mass is 629 g/mol. The number of nitro groups is 3. The zero-order valence-electron chi connectivity index (χ0n) is 16.2. The Labute approximate surface area is 198 Å². The molecule has 0 unspecified atom stereocenters. The van der Waals surface area contributed by atoms with Gasteiger partial charge < -0.3 is 34.9 Å². The second kappa shape index (κ2) is 11.0. The zero-order chi connectivity index (χ0) is 24.0. The van der Waals surface area contributed by atoms with E-state index in [-0.39, 0.29) is 17.5 Å². The van der Waals surface area contributed by atoms with Crippen molar-refractivity contribution >= 4 is 65.2 Å². The smallest absolute Gasteiger partial charge is 0.358 e. The molecular weight excluding hydrogens is 618 g/mol. The lowest BCUT2D eigenvalue weighted by Crippen LogP contribution is -1.93. The minimum absolute atomic E-state index is 0.0631. The van der Waals surface area contributed by atoms with Crippen LogP contribution in [0.25, 0.3) is 0 Å². The third-order valence-corrected chi connectivity index (χ3v) is 5.30. The highest BCUT2D eigenvalue weighted by Crippen LogP contribution is 2.20. The van der Waals surface area contributed by atoms with Gasteiger partial charge in [-0.2, -0.15) is 4.98 Å². The van der Waals surface area contributed by atoms with E-state index >= 15 is 0 Å². The van der Waals surface area contributed by atoms with Crippen LogP contribution in [0.15, 0.2) is 20.4 Å². The number of aryl methyl sites for hydroxylation is 2. The number of imidazole rings is 3. The molecule has 0 aromatic carbocycles. The SMILES string of the molecule is Cc1c([N+](=O)[O-])nc(Br)n1C.Cc1nc(Br)[nH]c1[N+](=O)[O-].Cn1cc([N+](=O)[O-])nc1Br. The molecule has 3 aromatic heterocycles. The molecule has 168 valence electrons. The van der Waals surface area contributed by atoms with Crippen LogP contribution >= 0.6 is 47.8 Å². The van der Waals surface area contributed by atoms with E-state index in [2.05, 4.69) is 67.7 Å². The molecule has 3 rings (SSSR count). The molecule has 18 heteroatoms. The fourth-order valence-electron chi connectivity index (χ4n) is 1.82. The molecule has 0 saturated heterocycles. The van der Waals surface area contributed by atoms with Crippen molar-refractivity contribution in [2.24, 2.45) is 14.1 Å². The maximum Gasteiger partial charge on any atom is 0.385 e. The summed E-state index contributed by atoms with van der Waals surface area (Å²) < 4.78 is 4.45. The van der Waals surface area contributed by atoms with Gasteiger partial charge in [-0.3, -0.25) is 4.57 Å². The first-order valence-electron chi connectivity index (χ1n) is 7.79. The quantitative estimate of drug-likeness (QED) is 0.330. The lowest BCUT2D eigenvalue weighted by Gasteiger charge is -1.91. The third kappa shape index (κ3) is 7.17. The van der Waals surface area contributed by atoms with Gasteiger partial charge in [0.1, 0.15) is 17.6 Å². The van der Waals surface area contributed by atoms with E-state index in [1.54, 1.807) is 32.5 Å². The van der Waals surface area contributed by atoms with Crippen LogP contribution in [0.1, 0.15) is 11.4 Å². The van der Waals surface area contributed by atoms with Gasteiger partial charge in [0.2, 0.25) is 0 Å². The molecule has 0 saturated carbocycles. The molecule has 1 N–H and O–H groups in total. The van der Waals surface area contributed by atoms with Crippen LogP contribution in [0, 0.1) is 44.2 Å². The highest BCUT2D eigenvalue weighted by molar-refractivity contribution is 9.10. The zero-order valence-corrected chi connectivity index (χ0v) is 21.0. The van der Waals surface area contributed by atoms with Crippen molar-refractivity contribution in [3.8, 4) is 0 Å². The van der Waals surface area contributed by atoms with Crippen molar-refractivity contribution < 1.29 is 14.8 Å². The molecule has 3 heterocycles. The minimum atomic E-state index is -0.537. The first-order chi connectivity index (χ1) is 14.3. The van der Waals surface area contributed by atoms with E-state index in [1.807, 2.05) is 0 Å². The van der Waals surface area contributed by atoms with Gasteiger partial charge in [-0.25, -0.2) is 4.98 Å². The Morgan fingerprint density at radius 1 is 0.903 bits per heavy atom. The topological polar surface area (TPSA) is 194 Å². The van der Waals surface area contributed by atoms with Gasteiger partial charge in [0.05, 0.1) is 0 Å². The van der Waals surface area contributed by atoms with Crippen molar-refractivity contribution in [3.63, 3.8) is 0 Å². The van der Waals surface area contributed by atoms with Gasteiger partial charge in [0.25, 0.3) is 14.2 Å². The van der Waals surface area contributed by atoms with Crippen molar-refractivity contribution in [2.45, 2.75) is 13.8 Å². The van der Waals surface area contributed by atoms with Crippen LogP contribution in [-0.2, 0) is 14.1 Å². The first-order valence-corrected chi connectivity index (χ1v) is 10.2. The van der Waals surface area contributed by atoms with Gasteiger partial charge in [0.15, 0.2) is 0 Å². The van der Waals surface area contributed by atoms with E-state index in [1.165, 1.54) is 10.8 Å². The fourth-order valence-corrected chi connectivity index (χ4v) is 2.99. The highest BCUT2D eigenvalue weighted by atomic mass is 79.9. The number of hydrogen-bond acceptors (Lipinski definition) is 9. The summed E-state index contributed by atoms with van der Waals surface area (Å²) in [6.45, 7) is 3.22. The predicted molar refractivity (Wildman–Crippen MR) is 118 cm³/mol. The fraction of sp³-hybridized carbons (Fsp3) is 0.308. The van der Waals surface area contributed by atoms with Crippen LogP contribution in [-0.4, -0.2) is 43.8 Å². The summed E-state index contributed by atoms with van der Waals surface area (Å²) in [4.78, 5) is 42.5. The summed E-state index contributed by atoms with van der Waals surface area (Å²) in [5.74, 6) is -0.305. The summed E-state index contributed by atoms with van der Waals surface area (Å²) in [5, 5.41) is 30.5. The summed E-state index contributed by atoms with van der Waals surface area (Å²) in [7, 11) is 3.38. The molecule has 0 aliphatic heterocycles. The Hall–Kier alpha value is -2.73. The van der Waals surface area contributed by atoms with Crippen molar-refractivity contribution in [3.05, 3.63) is 62.1 Å². The Morgan fingerprint density at radius 2 is 1.48 bits per heavy atom. The Kier molecular flexibility index (Phi) is 9.38. The van der Waals surface area contributed by atoms with Crippen LogP contribution in [0.5, 0.6) is 0 Å². The average Bonchev–Trinajstić information content (AvgIpc) is 3.27. The second-order valence-electron chi connectivity index (χ2n) is 5.56. The summed E-state index contributed by atoms with van der Waals surface area (Å²) in [6.07, 6.45) is 1.34. The van der Waals surface area contributed by atoms with Crippen LogP contribution < -0.4 is 0 Å². The maximum absolute atomic E-state index is 10.3. The first kappa shape index (κ1) is 26.3. The average molecular weight is 632 g/mol. The number of rotatable bonds is 3. The molecule has 15 nitrogen and oxygen atoms in total. The van der Waals surface area contributed by atoms with Gasteiger partial charge >= 0.3 is 17.5 Å².